The minimum Gasteiger partial charge on any atom is -0.443 e. The van der Waals surface area contributed by atoms with E-state index in [1.165, 1.54) is 23.2 Å². The van der Waals surface area contributed by atoms with Gasteiger partial charge in [-0.3, -0.25) is 19.5 Å². The molecule has 5 aromatic rings. The Balaban J connectivity index is 1.48. The van der Waals surface area contributed by atoms with Crippen LogP contribution in [0.1, 0.15) is 72.7 Å². The summed E-state index contributed by atoms with van der Waals surface area (Å²) >= 11 is 6.45. The first kappa shape index (κ1) is 35.3. The van der Waals surface area contributed by atoms with Gasteiger partial charge in [0.1, 0.15) is 24.2 Å². The molecule has 14 heteroatoms. The van der Waals surface area contributed by atoms with Crippen molar-refractivity contribution in [3.63, 3.8) is 0 Å². The zero-order valence-electron chi connectivity index (χ0n) is 27.9. The molecule has 0 spiro atoms. The lowest BCUT2D eigenvalue weighted by atomic mass is 9.75. The second-order valence-electron chi connectivity index (χ2n) is 13.2. The maximum absolute atomic E-state index is 15.0. The maximum Gasteiger partial charge on any atom is 0.437 e. The fraction of sp³-hybridized carbons (Fsp3) is 0.243. The number of aldehydes is 1. The number of rotatable bonds is 9. The molecule has 1 radical (unpaired) electrons. The molecule has 3 heterocycles. The Morgan fingerprint density at radius 2 is 1.86 bits per heavy atom. The molecular weight excluding hydrogens is 680 g/mol. The Labute approximate surface area is 297 Å². The predicted molar refractivity (Wildman–Crippen MR) is 186 cm³/mol. The summed E-state index contributed by atoms with van der Waals surface area (Å²) in [6.07, 6.45) is -0.497. The summed E-state index contributed by atoms with van der Waals surface area (Å²) in [5.41, 5.74) is 0.0543. The molecule has 11 nitrogen and oxygen atoms in total. The Morgan fingerprint density at radius 1 is 1.10 bits per heavy atom. The Morgan fingerprint density at radius 3 is 2.57 bits per heavy atom. The average Bonchev–Trinajstić information content (AvgIpc) is 3.70. The standard InChI is InChI=1S/C37H33ClF2N7O4/c1-22(24-10-13-28(38)30(17-24)47-32(31(39)40)42-21-43-47)46-33(49)37(20-36(2,3)4,26-11-12-27-25(16-26)14-15-41-29(27)18-48)45-34(46)44-35(50)51-19-23-8-6-5-7-9-23/h5-18,21-22,31H,1,19-20H2,2-4H3,(H,44,45,50)/t22-,37+/m0/s1. The van der Waals surface area contributed by atoms with Gasteiger partial charge in [0, 0.05) is 11.6 Å². The molecule has 0 unspecified atom stereocenters. The number of alkyl halides is 2. The number of ether oxygens (including phenoxy) is 1. The first-order valence-electron chi connectivity index (χ1n) is 15.9. The molecule has 1 aliphatic rings. The Bertz CT molecular complexity index is 2150. The number of nitrogens with zero attached hydrogens (tertiary/aromatic N) is 6. The molecule has 2 amide bonds. The van der Waals surface area contributed by atoms with Gasteiger partial charge < -0.3 is 10.1 Å². The van der Waals surface area contributed by atoms with Crippen molar-refractivity contribution in [3.05, 3.63) is 125 Å². The van der Waals surface area contributed by atoms with Crippen molar-refractivity contribution in [2.75, 3.05) is 0 Å². The van der Waals surface area contributed by atoms with Crippen molar-refractivity contribution in [2.24, 2.45) is 10.4 Å². The van der Waals surface area contributed by atoms with E-state index in [9.17, 15) is 18.4 Å². The molecule has 1 saturated heterocycles. The summed E-state index contributed by atoms with van der Waals surface area (Å²) in [6, 6.07) is 19.5. The smallest absolute Gasteiger partial charge is 0.437 e. The van der Waals surface area contributed by atoms with Crippen LogP contribution in [0.2, 0.25) is 5.02 Å². The molecule has 0 saturated carbocycles. The second-order valence-corrected chi connectivity index (χ2v) is 13.6. The van der Waals surface area contributed by atoms with E-state index in [0.29, 0.717) is 28.2 Å². The third kappa shape index (κ3) is 7.07. The lowest BCUT2D eigenvalue weighted by molar-refractivity contribution is -0.133. The predicted octanol–water partition coefficient (Wildman–Crippen LogP) is 7.55. The highest BCUT2D eigenvalue weighted by Crippen LogP contribution is 2.43. The van der Waals surface area contributed by atoms with Crippen LogP contribution in [0.15, 0.2) is 90.3 Å². The molecule has 0 aliphatic carbocycles. The minimum absolute atomic E-state index is 0.0615. The van der Waals surface area contributed by atoms with Crippen molar-refractivity contribution in [1.82, 2.24) is 30.0 Å². The van der Waals surface area contributed by atoms with E-state index in [4.69, 9.17) is 16.3 Å². The Hall–Kier alpha value is -5.56. The SMILES string of the molecule is [CH2][C@@H](c1ccc(Cl)c(-n2ncnc2C(F)F)c1)N1C(=O)[C@@](CC(C)(C)C)(c2ccc3c(C=O)nccc3c2)N/C1=N/C(=O)OCc1ccccc1. The van der Waals surface area contributed by atoms with Crippen LogP contribution in [0.4, 0.5) is 13.6 Å². The van der Waals surface area contributed by atoms with Crippen molar-refractivity contribution >= 4 is 46.6 Å². The first-order chi connectivity index (χ1) is 24.3. The molecule has 2 aromatic heterocycles. The number of hydrogen-bond donors (Lipinski definition) is 1. The van der Waals surface area contributed by atoms with Crippen LogP contribution >= 0.6 is 11.6 Å². The van der Waals surface area contributed by atoms with Gasteiger partial charge in [-0.05, 0) is 65.1 Å². The van der Waals surface area contributed by atoms with Gasteiger partial charge in [-0.25, -0.2) is 23.2 Å². The summed E-state index contributed by atoms with van der Waals surface area (Å²) in [5, 5.41) is 8.58. The quantitative estimate of drug-likeness (QED) is 0.155. The number of carbonyl (C=O) groups excluding carboxylic acids is 3. The van der Waals surface area contributed by atoms with E-state index >= 15 is 4.79 Å². The maximum atomic E-state index is 15.0. The summed E-state index contributed by atoms with van der Waals surface area (Å²) in [5.74, 6) is -1.23. The van der Waals surface area contributed by atoms with Crippen LogP contribution in [-0.2, 0) is 21.7 Å². The highest BCUT2D eigenvalue weighted by molar-refractivity contribution is 6.32. The van der Waals surface area contributed by atoms with E-state index in [2.05, 4.69) is 32.3 Å². The van der Waals surface area contributed by atoms with Gasteiger partial charge in [0.15, 0.2) is 12.1 Å². The van der Waals surface area contributed by atoms with Crippen molar-refractivity contribution < 1.29 is 27.9 Å². The number of aliphatic imine (C=N–C) groups is 1. The van der Waals surface area contributed by atoms with Crippen LogP contribution in [0.25, 0.3) is 16.5 Å². The molecule has 6 rings (SSSR count). The van der Waals surface area contributed by atoms with E-state index in [1.54, 1.807) is 42.5 Å². The van der Waals surface area contributed by atoms with Gasteiger partial charge in [-0.1, -0.05) is 80.9 Å². The molecule has 3 aromatic carbocycles. The summed E-state index contributed by atoms with van der Waals surface area (Å²) in [7, 11) is 0. The fourth-order valence-electron chi connectivity index (χ4n) is 6.22. The van der Waals surface area contributed by atoms with Gasteiger partial charge >= 0.3 is 6.09 Å². The fourth-order valence-corrected chi connectivity index (χ4v) is 6.42. The normalized spacial score (nSPS) is 17.6. The van der Waals surface area contributed by atoms with E-state index in [1.807, 2.05) is 39.0 Å². The highest BCUT2D eigenvalue weighted by atomic mass is 35.5. The largest absolute Gasteiger partial charge is 0.443 e. The first-order valence-corrected chi connectivity index (χ1v) is 16.3. The third-order valence-corrected chi connectivity index (χ3v) is 8.72. The number of benzene rings is 3. The monoisotopic (exact) mass is 712 g/mol. The molecule has 0 bridgehead atoms. The lowest BCUT2D eigenvalue weighted by Gasteiger charge is -2.34. The zero-order valence-corrected chi connectivity index (χ0v) is 28.6. The van der Waals surface area contributed by atoms with Gasteiger partial charge in [-0.15, -0.1) is 4.99 Å². The summed E-state index contributed by atoms with van der Waals surface area (Å²) in [6.45, 7) is 10.1. The van der Waals surface area contributed by atoms with Gasteiger partial charge in [0.05, 0.1) is 16.8 Å². The van der Waals surface area contributed by atoms with Crippen LogP contribution in [0.5, 0.6) is 0 Å². The van der Waals surface area contributed by atoms with Crippen molar-refractivity contribution in [2.45, 2.75) is 51.8 Å². The van der Waals surface area contributed by atoms with Crippen LogP contribution in [0.3, 0.4) is 0 Å². The lowest BCUT2D eigenvalue weighted by Crippen LogP contribution is -2.47. The number of aromatic nitrogens is 4. The molecule has 1 fully saturated rings. The van der Waals surface area contributed by atoms with Crippen molar-refractivity contribution in [1.29, 1.82) is 0 Å². The summed E-state index contributed by atoms with van der Waals surface area (Å²) in [4.78, 5) is 53.3. The number of guanidine groups is 1. The molecule has 1 aliphatic heterocycles. The van der Waals surface area contributed by atoms with Gasteiger partial charge in [0.2, 0.25) is 5.96 Å². The number of carbonyl (C=O) groups is 3. The van der Waals surface area contributed by atoms with Crippen LogP contribution < -0.4 is 5.32 Å². The number of halogens is 3. The number of hydrogen-bond acceptors (Lipinski definition) is 7. The zero-order chi connectivity index (χ0) is 36.5. The number of amides is 2. The molecular formula is C37H33ClF2N7O4. The van der Waals surface area contributed by atoms with E-state index < -0.39 is 41.2 Å². The van der Waals surface area contributed by atoms with E-state index in [-0.39, 0.29) is 35.4 Å². The average molecular weight is 713 g/mol. The van der Waals surface area contributed by atoms with E-state index in [0.717, 1.165) is 16.6 Å². The van der Waals surface area contributed by atoms with Gasteiger partial charge in [-0.2, -0.15) is 5.10 Å². The Kier molecular flexibility index (Phi) is 9.67. The van der Waals surface area contributed by atoms with Gasteiger partial charge in [0.25, 0.3) is 12.3 Å². The molecule has 2 atom stereocenters. The topological polar surface area (TPSA) is 132 Å². The number of pyridine rings is 1. The van der Waals surface area contributed by atoms with Crippen molar-refractivity contribution in [3.8, 4) is 5.69 Å². The summed E-state index contributed by atoms with van der Waals surface area (Å²) < 4.78 is 33.9. The number of nitrogens with one attached hydrogen (secondary N) is 1. The molecule has 1 N–H and O–H groups in total. The number of fused-ring (bicyclic) bond motifs is 1. The molecule has 51 heavy (non-hydrogen) atoms. The van der Waals surface area contributed by atoms with Crippen LogP contribution in [-0.4, -0.2) is 48.9 Å². The minimum atomic E-state index is -2.94. The second kappa shape index (κ2) is 14.0. The third-order valence-electron chi connectivity index (χ3n) is 8.40. The molecule has 261 valence electrons. The van der Waals surface area contributed by atoms with Crippen LogP contribution in [0, 0.1) is 12.3 Å². The highest BCUT2D eigenvalue weighted by Gasteiger charge is 2.54.